The number of carbonyl (C=O) groups is 1. The molecule has 1 aliphatic rings. The molecule has 1 amide bonds. The van der Waals surface area contributed by atoms with Crippen LogP contribution in [0.5, 0.6) is 5.88 Å². The standard InChI is InChI=1S/C18H20N6O3/c1-12-17(13(2)27-22-12)18(25)23-10-6-14(7-11-23)26-16-5-4-15(20-21-16)24-9-3-8-19-24/h3-5,8-9,14H,6-7,10-11H2,1-2H3. The van der Waals surface area contributed by atoms with E-state index in [4.69, 9.17) is 9.26 Å². The molecule has 0 N–H and O–H groups in total. The van der Waals surface area contributed by atoms with E-state index in [9.17, 15) is 4.79 Å². The molecule has 9 heteroatoms. The maximum atomic E-state index is 12.7. The van der Waals surface area contributed by atoms with E-state index in [1.54, 1.807) is 37.0 Å². The number of aryl methyl sites for hydroxylation is 2. The Morgan fingerprint density at radius 3 is 2.63 bits per heavy atom. The van der Waals surface area contributed by atoms with Gasteiger partial charge < -0.3 is 14.2 Å². The average molecular weight is 368 g/mol. The number of aromatic nitrogens is 5. The van der Waals surface area contributed by atoms with E-state index in [1.165, 1.54) is 0 Å². The third kappa shape index (κ3) is 3.53. The normalized spacial score (nSPS) is 15.1. The van der Waals surface area contributed by atoms with Gasteiger partial charge in [0.25, 0.3) is 5.91 Å². The van der Waals surface area contributed by atoms with Crippen LogP contribution in [0.1, 0.15) is 34.7 Å². The van der Waals surface area contributed by atoms with E-state index in [-0.39, 0.29) is 12.0 Å². The van der Waals surface area contributed by atoms with Crippen LogP contribution in [0.4, 0.5) is 0 Å². The summed E-state index contributed by atoms with van der Waals surface area (Å²) >= 11 is 0. The van der Waals surface area contributed by atoms with Crippen molar-refractivity contribution in [1.82, 2.24) is 30.0 Å². The summed E-state index contributed by atoms with van der Waals surface area (Å²) in [5.74, 6) is 1.63. The Morgan fingerprint density at radius 1 is 1.22 bits per heavy atom. The lowest BCUT2D eigenvalue weighted by Gasteiger charge is -2.31. The Balaban J connectivity index is 1.34. The molecule has 1 saturated heterocycles. The Labute approximate surface area is 155 Å². The smallest absolute Gasteiger partial charge is 0.259 e. The van der Waals surface area contributed by atoms with Crippen LogP contribution in [-0.2, 0) is 0 Å². The van der Waals surface area contributed by atoms with Crippen molar-refractivity contribution in [2.24, 2.45) is 0 Å². The first-order chi connectivity index (χ1) is 13.1. The Bertz CT molecular complexity index is 892. The van der Waals surface area contributed by atoms with Gasteiger partial charge in [0.1, 0.15) is 17.4 Å². The molecule has 0 spiro atoms. The molecule has 9 nitrogen and oxygen atoms in total. The van der Waals surface area contributed by atoms with Gasteiger partial charge in [-0.15, -0.1) is 10.2 Å². The second-order valence-electron chi connectivity index (χ2n) is 6.49. The second-order valence-corrected chi connectivity index (χ2v) is 6.49. The zero-order valence-corrected chi connectivity index (χ0v) is 15.2. The van der Waals surface area contributed by atoms with E-state index in [0.29, 0.717) is 41.8 Å². The van der Waals surface area contributed by atoms with Gasteiger partial charge in [-0.1, -0.05) is 5.16 Å². The first-order valence-electron chi connectivity index (χ1n) is 8.84. The van der Waals surface area contributed by atoms with Crippen LogP contribution in [0.25, 0.3) is 5.82 Å². The van der Waals surface area contributed by atoms with Crippen LogP contribution in [0, 0.1) is 13.8 Å². The minimum absolute atomic E-state index is 0.00331. The average Bonchev–Trinajstić information content (AvgIpc) is 3.33. The quantitative estimate of drug-likeness (QED) is 0.694. The molecule has 1 aliphatic heterocycles. The molecular formula is C18H20N6O3. The summed E-state index contributed by atoms with van der Waals surface area (Å²) in [6, 6.07) is 5.42. The van der Waals surface area contributed by atoms with Crippen molar-refractivity contribution in [3.05, 3.63) is 47.6 Å². The fourth-order valence-corrected chi connectivity index (χ4v) is 3.20. The Morgan fingerprint density at radius 2 is 2.04 bits per heavy atom. The lowest BCUT2D eigenvalue weighted by molar-refractivity contribution is 0.0584. The highest BCUT2D eigenvalue weighted by molar-refractivity contribution is 5.96. The van der Waals surface area contributed by atoms with Crippen molar-refractivity contribution in [1.29, 1.82) is 0 Å². The van der Waals surface area contributed by atoms with Gasteiger partial charge in [0.05, 0.1) is 5.69 Å². The lowest BCUT2D eigenvalue weighted by Crippen LogP contribution is -2.42. The summed E-state index contributed by atoms with van der Waals surface area (Å²) in [4.78, 5) is 14.5. The van der Waals surface area contributed by atoms with Crippen molar-refractivity contribution < 1.29 is 14.1 Å². The number of hydrogen-bond donors (Lipinski definition) is 0. The molecular weight excluding hydrogens is 348 g/mol. The molecule has 0 radical (unpaired) electrons. The number of nitrogens with zero attached hydrogens (tertiary/aromatic N) is 6. The molecule has 0 unspecified atom stereocenters. The van der Waals surface area contributed by atoms with E-state index in [1.807, 2.05) is 17.0 Å². The number of hydrogen-bond acceptors (Lipinski definition) is 7. The van der Waals surface area contributed by atoms with E-state index in [2.05, 4.69) is 20.5 Å². The molecule has 3 aromatic rings. The topological polar surface area (TPSA) is 99.2 Å². The zero-order chi connectivity index (χ0) is 18.8. The maximum Gasteiger partial charge on any atom is 0.259 e. The van der Waals surface area contributed by atoms with Crippen molar-refractivity contribution in [3.63, 3.8) is 0 Å². The number of rotatable bonds is 4. The molecule has 0 aromatic carbocycles. The van der Waals surface area contributed by atoms with Gasteiger partial charge in [-0.3, -0.25) is 4.79 Å². The van der Waals surface area contributed by atoms with Crippen molar-refractivity contribution in [3.8, 4) is 11.7 Å². The number of ether oxygens (including phenoxy) is 1. The molecule has 0 aliphatic carbocycles. The van der Waals surface area contributed by atoms with E-state index in [0.717, 1.165) is 12.8 Å². The number of likely N-dealkylation sites (tertiary alicyclic amines) is 1. The van der Waals surface area contributed by atoms with Crippen molar-refractivity contribution in [2.75, 3.05) is 13.1 Å². The summed E-state index contributed by atoms with van der Waals surface area (Å²) < 4.78 is 12.7. The third-order valence-electron chi connectivity index (χ3n) is 4.63. The summed E-state index contributed by atoms with van der Waals surface area (Å²) in [7, 11) is 0. The number of amides is 1. The van der Waals surface area contributed by atoms with Crippen molar-refractivity contribution >= 4 is 5.91 Å². The largest absolute Gasteiger partial charge is 0.473 e. The Hall–Kier alpha value is -3.23. The van der Waals surface area contributed by atoms with Crippen LogP contribution in [0.15, 0.2) is 35.1 Å². The first-order valence-corrected chi connectivity index (χ1v) is 8.84. The van der Waals surface area contributed by atoms with Crippen LogP contribution in [-0.4, -0.2) is 55.1 Å². The van der Waals surface area contributed by atoms with Crippen LogP contribution >= 0.6 is 0 Å². The van der Waals surface area contributed by atoms with Gasteiger partial charge in [0.2, 0.25) is 5.88 Å². The first kappa shape index (κ1) is 17.2. The van der Waals surface area contributed by atoms with E-state index >= 15 is 0 Å². The lowest BCUT2D eigenvalue weighted by atomic mass is 10.1. The van der Waals surface area contributed by atoms with Crippen LogP contribution < -0.4 is 4.74 Å². The van der Waals surface area contributed by atoms with Gasteiger partial charge >= 0.3 is 0 Å². The highest BCUT2D eigenvalue weighted by Crippen LogP contribution is 2.21. The number of carbonyl (C=O) groups excluding carboxylic acids is 1. The van der Waals surface area contributed by atoms with Gasteiger partial charge in [-0.05, 0) is 26.0 Å². The molecule has 3 aromatic heterocycles. The summed E-state index contributed by atoms with van der Waals surface area (Å²) in [6.45, 7) is 4.78. The van der Waals surface area contributed by atoms with E-state index < -0.39 is 0 Å². The summed E-state index contributed by atoms with van der Waals surface area (Å²) in [5.41, 5.74) is 1.19. The second kappa shape index (κ2) is 7.18. The van der Waals surface area contributed by atoms with Crippen LogP contribution in [0.2, 0.25) is 0 Å². The molecule has 1 fully saturated rings. The molecule has 0 saturated carbocycles. The SMILES string of the molecule is Cc1noc(C)c1C(=O)N1CCC(Oc2ccc(-n3cccn3)nn2)CC1. The van der Waals surface area contributed by atoms with Gasteiger partial charge in [0, 0.05) is 44.4 Å². The predicted molar refractivity (Wildman–Crippen MR) is 94.7 cm³/mol. The van der Waals surface area contributed by atoms with Crippen LogP contribution in [0.3, 0.4) is 0 Å². The number of piperidine rings is 1. The monoisotopic (exact) mass is 368 g/mol. The summed E-state index contributed by atoms with van der Waals surface area (Å²) in [6.07, 6.45) is 4.96. The molecule has 0 atom stereocenters. The highest BCUT2D eigenvalue weighted by Gasteiger charge is 2.28. The predicted octanol–water partition coefficient (Wildman–Crippen LogP) is 1.95. The van der Waals surface area contributed by atoms with Crippen molar-refractivity contribution in [2.45, 2.75) is 32.8 Å². The third-order valence-corrected chi connectivity index (χ3v) is 4.63. The van der Waals surface area contributed by atoms with Gasteiger partial charge in [-0.25, -0.2) is 4.68 Å². The summed E-state index contributed by atoms with van der Waals surface area (Å²) in [5, 5.41) is 16.2. The Kier molecular flexibility index (Phi) is 4.57. The van der Waals surface area contributed by atoms with Gasteiger partial charge in [-0.2, -0.15) is 5.10 Å². The highest BCUT2D eigenvalue weighted by atomic mass is 16.5. The fourth-order valence-electron chi connectivity index (χ4n) is 3.20. The molecule has 0 bridgehead atoms. The molecule has 140 valence electrons. The minimum Gasteiger partial charge on any atom is -0.473 e. The minimum atomic E-state index is -0.0342. The maximum absolute atomic E-state index is 12.7. The van der Waals surface area contributed by atoms with Gasteiger partial charge in [0.15, 0.2) is 5.82 Å². The molecule has 27 heavy (non-hydrogen) atoms. The molecule has 4 heterocycles. The molecule has 4 rings (SSSR count). The zero-order valence-electron chi connectivity index (χ0n) is 15.2. The fraction of sp³-hybridized carbons (Fsp3) is 0.389.